The highest BCUT2D eigenvalue weighted by molar-refractivity contribution is 5.97. The number of carbonyl (C=O) groups excluding carboxylic acids is 3. The van der Waals surface area contributed by atoms with E-state index in [4.69, 9.17) is 4.42 Å². The number of nitrogens with zero attached hydrogens (tertiary/aromatic N) is 1. The third kappa shape index (κ3) is 4.50. The van der Waals surface area contributed by atoms with Crippen LogP contribution in [0, 0.1) is 18.8 Å². The van der Waals surface area contributed by atoms with E-state index in [0.717, 1.165) is 31.2 Å². The van der Waals surface area contributed by atoms with Gasteiger partial charge in [-0.3, -0.25) is 14.4 Å². The van der Waals surface area contributed by atoms with Crippen LogP contribution < -0.4 is 10.6 Å². The number of furan rings is 1. The molecular formula is C22H25N3O4. The molecule has 1 saturated carbocycles. The Bertz CT molecular complexity index is 918. The van der Waals surface area contributed by atoms with Gasteiger partial charge < -0.3 is 20.0 Å². The van der Waals surface area contributed by atoms with Gasteiger partial charge in [0.15, 0.2) is 5.76 Å². The average molecular weight is 395 g/mol. The number of hydrogen-bond donors (Lipinski definition) is 2. The molecule has 4 rings (SSSR count). The van der Waals surface area contributed by atoms with E-state index >= 15 is 0 Å². The van der Waals surface area contributed by atoms with E-state index in [1.54, 1.807) is 23.1 Å². The number of piperidine rings is 1. The van der Waals surface area contributed by atoms with Crippen molar-refractivity contribution in [3.63, 3.8) is 0 Å². The number of aryl methyl sites for hydroxylation is 1. The zero-order valence-corrected chi connectivity index (χ0v) is 16.4. The molecule has 2 heterocycles. The first-order valence-corrected chi connectivity index (χ1v) is 10.1. The molecule has 7 heteroatoms. The second-order valence-corrected chi connectivity index (χ2v) is 7.85. The Kier molecular flexibility index (Phi) is 5.38. The molecule has 1 aliphatic heterocycles. The highest BCUT2D eigenvalue weighted by atomic mass is 16.3. The Morgan fingerprint density at radius 1 is 1.03 bits per heavy atom. The van der Waals surface area contributed by atoms with Crippen LogP contribution in [0.3, 0.4) is 0 Å². The topological polar surface area (TPSA) is 91.7 Å². The van der Waals surface area contributed by atoms with E-state index in [9.17, 15) is 14.4 Å². The van der Waals surface area contributed by atoms with Crippen molar-refractivity contribution in [3.05, 3.63) is 47.9 Å². The van der Waals surface area contributed by atoms with E-state index in [1.165, 1.54) is 6.26 Å². The highest BCUT2D eigenvalue weighted by Gasteiger charge is 2.31. The average Bonchev–Trinajstić information content (AvgIpc) is 3.44. The van der Waals surface area contributed by atoms with Crippen LogP contribution in [0.4, 0.5) is 11.4 Å². The van der Waals surface area contributed by atoms with Crippen molar-refractivity contribution >= 4 is 29.1 Å². The first-order chi connectivity index (χ1) is 14.0. The lowest BCUT2D eigenvalue weighted by Crippen LogP contribution is -2.43. The van der Waals surface area contributed by atoms with Gasteiger partial charge in [0.1, 0.15) is 0 Å². The van der Waals surface area contributed by atoms with Gasteiger partial charge in [-0.05, 0) is 62.4 Å². The predicted molar refractivity (Wildman–Crippen MR) is 108 cm³/mol. The monoisotopic (exact) mass is 395 g/mol. The number of carbonyl (C=O) groups is 3. The van der Waals surface area contributed by atoms with Gasteiger partial charge in [-0.1, -0.05) is 6.07 Å². The Balaban J connectivity index is 1.40. The molecule has 29 heavy (non-hydrogen) atoms. The largest absolute Gasteiger partial charge is 0.459 e. The SMILES string of the molecule is Cc1ccc(NC(=O)C2CC2)cc1NC(=O)C1CCCN(C(=O)c2ccco2)C1. The molecule has 2 aromatic rings. The van der Waals surface area contributed by atoms with Crippen molar-refractivity contribution in [3.8, 4) is 0 Å². The van der Waals surface area contributed by atoms with Crippen molar-refractivity contribution in [1.29, 1.82) is 0 Å². The second-order valence-electron chi connectivity index (χ2n) is 7.85. The minimum Gasteiger partial charge on any atom is -0.459 e. The van der Waals surface area contributed by atoms with Crippen molar-refractivity contribution in [2.24, 2.45) is 11.8 Å². The van der Waals surface area contributed by atoms with Gasteiger partial charge in [0.05, 0.1) is 12.2 Å². The number of anilines is 2. The summed E-state index contributed by atoms with van der Waals surface area (Å²) < 4.78 is 5.20. The van der Waals surface area contributed by atoms with E-state index in [2.05, 4.69) is 10.6 Å². The maximum absolute atomic E-state index is 12.9. The van der Waals surface area contributed by atoms with Crippen LogP contribution >= 0.6 is 0 Å². The second kappa shape index (κ2) is 8.11. The Hall–Kier alpha value is -3.09. The zero-order valence-electron chi connectivity index (χ0n) is 16.4. The van der Waals surface area contributed by atoms with Gasteiger partial charge in [-0.2, -0.15) is 0 Å². The van der Waals surface area contributed by atoms with Gasteiger partial charge in [0.25, 0.3) is 5.91 Å². The molecule has 1 aromatic carbocycles. The number of nitrogens with one attached hydrogen (secondary N) is 2. The van der Waals surface area contributed by atoms with Gasteiger partial charge in [0, 0.05) is 30.4 Å². The van der Waals surface area contributed by atoms with Gasteiger partial charge in [0.2, 0.25) is 11.8 Å². The van der Waals surface area contributed by atoms with Gasteiger partial charge >= 0.3 is 0 Å². The molecule has 152 valence electrons. The van der Waals surface area contributed by atoms with Crippen molar-refractivity contribution < 1.29 is 18.8 Å². The Morgan fingerprint density at radius 2 is 1.83 bits per heavy atom. The molecule has 1 aliphatic carbocycles. The number of hydrogen-bond acceptors (Lipinski definition) is 4. The fraction of sp³-hybridized carbons (Fsp3) is 0.409. The molecule has 2 aliphatic rings. The molecule has 1 saturated heterocycles. The van der Waals surface area contributed by atoms with Crippen LogP contribution in [0.15, 0.2) is 41.0 Å². The molecule has 0 radical (unpaired) electrons. The lowest BCUT2D eigenvalue weighted by Gasteiger charge is -2.31. The lowest BCUT2D eigenvalue weighted by molar-refractivity contribution is -0.121. The summed E-state index contributed by atoms with van der Waals surface area (Å²) in [5.74, 6) is -0.142. The smallest absolute Gasteiger partial charge is 0.289 e. The maximum atomic E-state index is 12.9. The van der Waals surface area contributed by atoms with Crippen molar-refractivity contribution in [2.75, 3.05) is 23.7 Å². The molecule has 1 unspecified atom stereocenters. The maximum Gasteiger partial charge on any atom is 0.289 e. The number of amides is 3. The molecule has 2 fully saturated rings. The van der Waals surface area contributed by atoms with E-state index < -0.39 is 0 Å². The molecular weight excluding hydrogens is 370 g/mol. The molecule has 0 bridgehead atoms. The molecule has 7 nitrogen and oxygen atoms in total. The van der Waals surface area contributed by atoms with Crippen LogP contribution in [0.25, 0.3) is 0 Å². The number of benzene rings is 1. The first kappa shape index (κ1) is 19.2. The van der Waals surface area contributed by atoms with Crippen molar-refractivity contribution in [2.45, 2.75) is 32.6 Å². The lowest BCUT2D eigenvalue weighted by atomic mass is 9.96. The Morgan fingerprint density at radius 3 is 2.55 bits per heavy atom. The summed E-state index contributed by atoms with van der Waals surface area (Å²) in [6.07, 6.45) is 4.84. The zero-order chi connectivity index (χ0) is 20.4. The summed E-state index contributed by atoms with van der Waals surface area (Å²) >= 11 is 0. The summed E-state index contributed by atoms with van der Waals surface area (Å²) in [5.41, 5.74) is 2.28. The normalized spacial score (nSPS) is 18.9. The summed E-state index contributed by atoms with van der Waals surface area (Å²) in [5, 5.41) is 5.89. The fourth-order valence-corrected chi connectivity index (χ4v) is 3.59. The fourth-order valence-electron chi connectivity index (χ4n) is 3.59. The third-order valence-corrected chi connectivity index (χ3v) is 5.52. The quantitative estimate of drug-likeness (QED) is 0.811. The predicted octanol–water partition coefficient (Wildman–Crippen LogP) is 3.43. The molecule has 2 N–H and O–H groups in total. The minimum atomic E-state index is -0.285. The molecule has 1 aromatic heterocycles. The summed E-state index contributed by atoms with van der Waals surface area (Å²) in [7, 11) is 0. The molecule has 0 spiro atoms. The summed E-state index contributed by atoms with van der Waals surface area (Å²) in [6.45, 7) is 2.89. The standard InChI is InChI=1S/C22H25N3O4/c1-14-6-9-17(23-20(26)15-7-8-15)12-18(14)24-21(27)16-4-2-10-25(13-16)22(28)19-5-3-11-29-19/h3,5-6,9,11-12,15-16H,2,4,7-8,10,13H2,1H3,(H,23,26)(H,24,27). The highest BCUT2D eigenvalue weighted by Crippen LogP contribution is 2.31. The van der Waals surface area contributed by atoms with Crippen molar-refractivity contribution in [1.82, 2.24) is 4.90 Å². The number of rotatable bonds is 5. The van der Waals surface area contributed by atoms with Crippen LogP contribution in [0.5, 0.6) is 0 Å². The summed E-state index contributed by atoms with van der Waals surface area (Å²) in [4.78, 5) is 39.0. The Labute approximate surface area is 169 Å². The first-order valence-electron chi connectivity index (χ1n) is 10.1. The summed E-state index contributed by atoms with van der Waals surface area (Å²) in [6, 6.07) is 8.83. The minimum absolute atomic E-state index is 0.0329. The van der Waals surface area contributed by atoms with Crippen LogP contribution in [-0.4, -0.2) is 35.7 Å². The molecule has 1 atom stereocenters. The number of likely N-dealkylation sites (tertiary alicyclic amines) is 1. The third-order valence-electron chi connectivity index (χ3n) is 5.52. The van der Waals surface area contributed by atoms with Gasteiger partial charge in [-0.15, -0.1) is 0 Å². The van der Waals surface area contributed by atoms with Crippen LogP contribution in [0.1, 0.15) is 41.8 Å². The van der Waals surface area contributed by atoms with Crippen LogP contribution in [0.2, 0.25) is 0 Å². The van der Waals surface area contributed by atoms with E-state index in [1.807, 2.05) is 19.1 Å². The van der Waals surface area contributed by atoms with Crippen LogP contribution in [-0.2, 0) is 9.59 Å². The van der Waals surface area contributed by atoms with E-state index in [-0.39, 0.29) is 29.6 Å². The van der Waals surface area contributed by atoms with E-state index in [0.29, 0.717) is 30.2 Å². The molecule has 3 amide bonds. The van der Waals surface area contributed by atoms with Gasteiger partial charge in [-0.25, -0.2) is 0 Å².